The van der Waals surface area contributed by atoms with Gasteiger partial charge in [-0.2, -0.15) is 0 Å². The van der Waals surface area contributed by atoms with Crippen LogP contribution in [0.25, 0.3) is 0 Å². The second-order valence-electron chi connectivity index (χ2n) is 4.97. The van der Waals surface area contributed by atoms with Crippen LogP contribution in [-0.2, 0) is 4.79 Å². The molecule has 0 aliphatic rings. The molecule has 5 heteroatoms. The molecule has 0 aromatic heterocycles. The van der Waals surface area contributed by atoms with Gasteiger partial charge < -0.3 is 15.5 Å². The van der Waals surface area contributed by atoms with Crippen molar-refractivity contribution in [3.05, 3.63) is 28.3 Å². The lowest BCUT2D eigenvalue weighted by Crippen LogP contribution is -2.33. The third-order valence-corrected chi connectivity index (χ3v) is 3.02. The summed E-state index contributed by atoms with van der Waals surface area (Å²) in [6.45, 7) is 5.89. The fourth-order valence-corrected chi connectivity index (χ4v) is 2.13. The lowest BCUT2D eigenvalue weighted by Gasteiger charge is -2.13. The number of hydrogen-bond acceptors (Lipinski definition) is 3. The molecule has 0 saturated carbocycles. The Hall–Kier alpha value is -1.10. The van der Waals surface area contributed by atoms with Crippen molar-refractivity contribution < 1.29 is 4.79 Å². The molecule has 0 fully saturated rings. The topological polar surface area (TPSA) is 44.4 Å². The molecule has 1 amide bonds. The Morgan fingerprint density at radius 2 is 2.00 bits per heavy atom. The van der Waals surface area contributed by atoms with Crippen molar-refractivity contribution in [2.75, 3.05) is 39.0 Å². The molecule has 0 unspecified atom stereocenters. The number of carbonyl (C=O) groups is 1. The summed E-state index contributed by atoms with van der Waals surface area (Å²) in [7, 11) is 3.99. The van der Waals surface area contributed by atoms with Crippen LogP contribution in [0, 0.1) is 13.8 Å². The molecule has 0 aliphatic carbocycles. The quantitative estimate of drug-likeness (QED) is 0.786. The van der Waals surface area contributed by atoms with Gasteiger partial charge in [-0.15, -0.1) is 0 Å². The third kappa shape index (κ3) is 5.59. The van der Waals surface area contributed by atoms with Gasteiger partial charge in [-0.05, 0) is 45.1 Å². The molecule has 1 aromatic rings. The number of likely N-dealkylation sites (N-methyl/N-ethyl adjacent to an activating group) is 1. The average molecular weight is 284 g/mol. The molecule has 1 aromatic carbocycles. The fourth-order valence-electron chi connectivity index (χ4n) is 1.76. The normalized spacial score (nSPS) is 10.8. The summed E-state index contributed by atoms with van der Waals surface area (Å²) in [5.41, 5.74) is 2.77. The monoisotopic (exact) mass is 283 g/mol. The molecule has 0 atom stereocenters. The van der Waals surface area contributed by atoms with Crippen LogP contribution >= 0.6 is 11.6 Å². The number of aryl methyl sites for hydroxylation is 2. The number of rotatable bonds is 6. The maximum atomic E-state index is 11.8. The smallest absolute Gasteiger partial charge is 0.238 e. The van der Waals surface area contributed by atoms with Gasteiger partial charge in [0, 0.05) is 13.1 Å². The van der Waals surface area contributed by atoms with Crippen LogP contribution in [0.2, 0.25) is 5.02 Å². The Balaban J connectivity index is 2.49. The minimum absolute atomic E-state index is 0.0763. The molecule has 4 nitrogen and oxygen atoms in total. The summed E-state index contributed by atoms with van der Waals surface area (Å²) < 4.78 is 0. The Morgan fingerprint density at radius 1 is 1.32 bits per heavy atom. The summed E-state index contributed by atoms with van der Waals surface area (Å²) >= 11 is 6.14. The number of nitrogens with zero attached hydrogens (tertiary/aromatic N) is 1. The highest BCUT2D eigenvalue weighted by molar-refractivity contribution is 6.34. The van der Waals surface area contributed by atoms with Gasteiger partial charge in [0.25, 0.3) is 0 Å². The number of halogens is 1. The zero-order valence-corrected chi connectivity index (χ0v) is 12.8. The van der Waals surface area contributed by atoms with E-state index in [9.17, 15) is 4.79 Å². The van der Waals surface area contributed by atoms with Crippen molar-refractivity contribution in [3.63, 3.8) is 0 Å². The van der Waals surface area contributed by atoms with E-state index in [2.05, 4.69) is 15.5 Å². The van der Waals surface area contributed by atoms with Crippen molar-refractivity contribution in [3.8, 4) is 0 Å². The lowest BCUT2D eigenvalue weighted by atomic mass is 10.1. The fraction of sp³-hybridized carbons (Fsp3) is 0.500. The van der Waals surface area contributed by atoms with Gasteiger partial charge in [0.2, 0.25) is 5.91 Å². The number of nitrogens with one attached hydrogen (secondary N) is 2. The van der Waals surface area contributed by atoms with Gasteiger partial charge in [-0.25, -0.2) is 0 Å². The minimum atomic E-state index is -0.0763. The summed E-state index contributed by atoms with van der Waals surface area (Å²) in [5.74, 6) is -0.0763. The highest BCUT2D eigenvalue weighted by atomic mass is 35.5. The molecule has 0 aliphatic heterocycles. The molecule has 0 bridgehead atoms. The standard InChI is InChI=1S/C14H22ClN3O/c1-10-7-11(2)14(12(15)8-10)17-13(19)9-16-5-6-18(3)4/h7-8,16H,5-6,9H2,1-4H3,(H,17,19). The number of hydrogen-bond donors (Lipinski definition) is 2. The Labute approximate surface area is 120 Å². The first-order valence-corrected chi connectivity index (χ1v) is 6.70. The van der Waals surface area contributed by atoms with E-state index in [-0.39, 0.29) is 12.5 Å². The largest absolute Gasteiger partial charge is 0.323 e. The second-order valence-corrected chi connectivity index (χ2v) is 5.37. The van der Waals surface area contributed by atoms with Crippen molar-refractivity contribution >= 4 is 23.2 Å². The van der Waals surface area contributed by atoms with E-state index >= 15 is 0 Å². The maximum absolute atomic E-state index is 11.8. The van der Waals surface area contributed by atoms with Crippen molar-refractivity contribution in [1.82, 2.24) is 10.2 Å². The molecule has 0 spiro atoms. The van der Waals surface area contributed by atoms with Gasteiger partial charge in [0.1, 0.15) is 0 Å². The van der Waals surface area contributed by atoms with Crippen molar-refractivity contribution in [2.45, 2.75) is 13.8 Å². The zero-order valence-electron chi connectivity index (χ0n) is 12.0. The van der Waals surface area contributed by atoms with E-state index in [0.29, 0.717) is 10.7 Å². The molecule has 106 valence electrons. The number of anilines is 1. The first-order chi connectivity index (χ1) is 8.90. The van der Waals surface area contributed by atoms with Crippen LogP contribution in [-0.4, -0.2) is 44.5 Å². The molecular weight excluding hydrogens is 262 g/mol. The Bertz CT molecular complexity index is 423. The van der Waals surface area contributed by atoms with Crippen LogP contribution in [0.1, 0.15) is 11.1 Å². The summed E-state index contributed by atoms with van der Waals surface area (Å²) in [6.07, 6.45) is 0. The Morgan fingerprint density at radius 3 is 2.58 bits per heavy atom. The van der Waals surface area contributed by atoms with Gasteiger partial charge in [0.05, 0.1) is 17.3 Å². The average Bonchev–Trinajstić information content (AvgIpc) is 2.29. The summed E-state index contributed by atoms with van der Waals surface area (Å²) in [6, 6.07) is 3.85. The predicted molar refractivity (Wildman–Crippen MR) is 81.0 cm³/mol. The number of benzene rings is 1. The number of amides is 1. The van der Waals surface area contributed by atoms with Gasteiger partial charge in [0.15, 0.2) is 0 Å². The maximum Gasteiger partial charge on any atom is 0.238 e. The van der Waals surface area contributed by atoms with Gasteiger partial charge >= 0.3 is 0 Å². The van der Waals surface area contributed by atoms with Gasteiger partial charge in [-0.3, -0.25) is 4.79 Å². The minimum Gasteiger partial charge on any atom is -0.323 e. The highest BCUT2D eigenvalue weighted by Crippen LogP contribution is 2.27. The van der Waals surface area contributed by atoms with E-state index < -0.39 is 0 Å². The van der Waals surface area contributed by atoms with E-state index in [1.807, 2.05) is 40.1 Å². The van der Waals surface area contributed by atoms with Crippen LogP contribution in [0.15, 0.2) is 12.1 Å². The SMILES string of the molecule is Cc1cc(C)c(NC(=O)CNCCN(C)C)c(Cl)c1. The van der Waals surface area contributed by atoms with E-state index in [1.54, 1.807) is 0 Å². The van der Waals surface area contributed by atoms with Crippen molar-refractivity contribution in [1.29, 1.82) is 0 Å². The molecule has 19 heavy (non-hydrogen) atoms. The summed E-state index contributed by atoms with van der Waals surface area (Å²) in [5, 5.41) is 6.52. The third-order valence-electron chi connectivity index (χ3n) is 2.72. The molecule has 1 rings (SSSR count). The van der Waals surface area contributed by atoms with E-state index in [0.717, 1.165) is 24.2 Å². The van der Waals surface area contributed by atoms with Crippen molar-refractivity contribution in [2.24, 2.45) is 0 Å². The molecule has 0 heterocycles. The lowest BCUT2D eigenvalue weighted by molar-refractivity contribution is -0.115. The molecule has 0 saturated heterocycles. The zero-order chi connectivity index (χ0) is 14.4. The molecule has 2 N–H and O–H groups in total. The first kappa shape index (κ1) is 16.0. The van der Waals surface area contributed by atoms with Gasteiger partial charge in [-0.1, -0.05) is 17.7 Å². The summed E-state index contributed by atoms with van der Waals surface area (Å²) in [4.78, 5) is 13.9. The first-order valence-electron chi connectivity index (χ1n) is 6.32. The van der Waals surface area contributed by atoms with Crippen LogP contribution in [0.4, 0.5) is 5.69 Å². The van der Waals surface area contributed by atoms with E-state index in [4.69, 9.17) is 11.6 Å². The van der Waals surface area contributed by atoms with E-state index in [1.165, 1.54) is 0 Å². The number of carbonyl (C=O) groups excluding carboxylic acids is 1. The molecule has 0 radical (unpaired) electrons. The Kier molecular flexibility index (Phi) is 6.28. The second kappa shape index (κ2) is 7.48. The highest BCUT2D eigenvalue weighted by Gasteiger charge is 2.09. The molecular formula is C14H22ClN3O. The van der Waals surface area contributed by atoms with Crippen LogP contribution in [0.3, 0.4) is 0 Å². The van der Waals surface area contributed by atoms with Crippen LogP contribution < -0.4 is 10.6 Å². The predicted octanol–water partition coefficient (Wildman–Crippen LogP) is 2.05. The van der Waals surface area contributed by atoms with Crippen LogP contribution in [0.5, 0.6) is 0 Å².